The Hall–Kier alpha value is -2.53. The molecule has 60 heavy (non-hydrogen) atoms. The molecule has 1 aliphatic rings. The molecule has 0 amide bonds. The van der Waals surface area contributed by atoms with E-state index in [1.807, 2.05) is 21.1 Å². The first-order valence-corrected chi connectivity index (χ1v) is 24.7. The van der Waals surface area contributed by atoms with Gasteiger partial charge in [-0.05, 0) is 89.2 Å². The number of hydrogen-bond acceptors (Lipinski definition) is 9. The van der Waals surface area contributed by atoms with Crippen LogP contribution in [0.5, 0.6) is 0 Å². The topological polar surface area (TPSA) is 134 Å². The van der Waals surface area contributed by atoms with Gasteiger partial charge in [-0.1, -0.05) is 102 Å². The Labute approximate surface area is 363 Å². The van der Waals surface area contributed by atoms with Crippen LogP contribution in [0.4, 0.5) is 0 Å². The zero-order valence-corrected chi connectivity index (χ0v) is 39.5. The van der Waals surface area contributed by atoms with Crippen LogP contribution in [0.1, 0.15) is 165 Å². The summed E-state index contributed by atoms with van der Waals surface area (Å²) in [6, 6.07) is 0. The normalized spacial score (nSPS) is 17.2. The number of furan rings is 1. The van der Waals surface area contributed by atoms with Gasteiger partial charge in [0, 0.05) is 25.7 Å². The smallest absolute Gasteiger partial charge is 0.466 e. The molecule has 1 aromatic heterocycles. The standard InChI is InChI=1S/C48H82NO10P/c1-8-10-12-13-19-26-32-45-46(59-45)33-27-21-15-14-16-22-28-34-47(50)54-38-42(39-56-60(52,53)55-37-36-49(5,6)7)57-48(51)35-29-23-18-17-20-25-31-44-41(4)40(3)43(58-44)30-24-11-9-2/h14,16,19,21,26-27,42,45-46H,8-13,15,17-18,20,22-25,28-39H2,1-7H3/p+1/b16-14-,26-19-,27-21-/t42-,45?,46?/m1/s1. The average molecular weight is 865 g/mol. The van der Waals surface area contributed by atoms with Crippen LogP contribution in [-0.2, 0) is 50.3 Å². The fraction of sp³-hybridized carbons (Fsp3) is 0.750. The van der Waals surface area contributed by atoms with Gasteiger partial charge in [0.2, 0.25) is 0 Å². The highest BCUT2D eigenvalue weighted by Crippen LogP contribution is 2.43. The molecule has 0 aromatic carbocycles. The monoisotopic (exact) mass is 865 g/mol. The van der Waals surface area contributed by atoms with E-state index in [1.54, 1.807) is 0 Å². The van der Waals surface area contributed by atoms with Gasteiger partial charge in [-0.3, -0.25) is 18.6 Å². The zero-order chi connectivity index (χ0) is 44.1. The van der Waals surface area contributed by atoms with E-state index in [4.69, 9.17) is 27.7 Å². The van der Waals surface area contributed by atoms with Crippen molar-refractivity contribution in [2.75, 3.05) is 47.5 Å². The molecule has 1 aromatic rings. The summed E-state index contributed by atoms with van der Waals surface area (Å²) >= 11 is 0. The maximum absolute atomic E-state index is 12.8. The first kappa shape index (κ1) is 53.6. The largest absolute Gasteiger partial charge is 0.472 e. The van der Waals surface area contributed by atoms with Crippen molar-refractivity contribution in [1.82, 2.24) is 0 Å². The summed E-state index contributed by atoms with van der Waals surface area (Å²) in [5.74, 6) is 1.37. The highest BCUT2D eigenvalue weighted by molar-refractivity contribution is 7.47. The van der Waals surface area contributed by atoms with Gasteiger partial charge in [-0.15, -0.1) is 0 Å². The number of allylic oxidation sites excluding steroid dienone is 4. The summed E-state index contributed by atoms with van der Waals surface area (Å²) < 4.78 is 46.4. The van der Waals surface area contributed by atoms with Crippen molar-refractivity contribution in [1.29, 1.82) is 0 Å². The first-order valence-electron chi connectivity index (χ1n) is 23.2. The molecular weight excluding hydrogens is 781 g/mol. The molecule has 4 atom stereocenters. The molecule has 1 saturated heterocycles. The highest BCUT2D eigenvalue weighted by Gasteiger charge is 2.36. The van der Waals surface area contributed by atoms with Crippen LogP contribution in [0, 0.1) is 13.8 Å². The molecule has 2 heterocycles. The molecule has 0 aliphatic carbocycles. The summed E-state index contributed by atoms with van der Waals surface area (Å²) in [5.41, 5.74) is 2.60. The maximum atomic E-state index is 12.8. The Kier molecular flexibility index (Phi) is 28.0. The van der Waals surface area contributed by atoms with Gasteiger partial charge in [-0.2, -0.15) is 0 Å². The Bertz CT molecular complexity index is 1460. The second-order valence-electron chi connectivity index (χ2n) is 17.4. The minimum absolute atomic E-state index is 0.0108. The van der Waals surface area contributed by atoms with Crippen LogP contribution in [0.25, 0.3) is 0 Å². The third kappa shape index (κ3) is 26.7. The number of carbonyl (C=O) groups excluding carboxylic acids is 2. The van der Waals surface area contributed by atoms with Crippen LogP contribution in [0.15, 0.2) is 40.9 Å². The first-order chi connectivity index (χ1) is 28.7. The number of likely N-dealkylation sites (N-methyl/N-ethyl adjacent to an activating group) is 1. The molecule has 2 rings (SSSR count). The summed E-state index contributed by atoms with van der Waals surface area (Å²) in [4.78, 5) is 35.6. The third-order valence-electron chi connectivity index (χ3n) is 10.8. The van der Waals surface area contributed by atoms with Crippen molar-refractivity contribution in [3.05, 3.63) is 59.1 Å². The van der Waals surface area contributed by atoms with E-state index in [2.05, 4.69) is 64.2 Å². The number of phosphoric acid groups is 1. The molecule has 12 heteroatoms. The number of phosphoric ester groups is 1. The van der Waals surface area contributed by atoms with Crippen LogP contribution in [-0.4, -0.2) is 87.1 Å². The fourth-order valence-corrected chi connectivity index (χ4v) is 7.44. The third-order valence-corrected chi connectivity index (χ3v) is 11.8. The van der Waals surface area contributed by atoms with Crippen molar-refractivity contribution in [3.8, 4) is 0 Å². The van der Waals surface area contributed by atoms with Gasteiger partial charge in [0.1, 0.15) is 31.3 Å². The Morgan fingerprint density at radius 2 is 1.25 bits per heavy atom. The predicted octanol–water partition coefficient (Wildman–Crippen LogP) is 11.6. The van der Waals surface area contributed by atoms with Gasteiger partial charge in [-0.25, -0.2) is 4.57 Å². The molecule has 1 N–H and O–H groups in total. The summed E-state index contributed by atoms with van der Waals surface area (Å²) in [7, 11) is 1.41. The molecule has 0 spiro atoms. The van der Waals surface area contributed by atoms with E-state index in [0.29, 0.717) is 36.1 Å². The lowest BCUT2D eigenvalue weighted by Crippen LogP contribution is -2.37. The number of unbranched alkanes of at least 4 members (excludes halogenated alkanes) is 11. The number of esters is 2. The fourth-order valence-electron chi connectivity index (χ4n) is 6.70. The molecule has 3 unspecified atom stereocenters. The Morgan fingerprint density at radius 3 is 1.92 bits per heavy atom. The number of carbonyl (C=O) groups is 2. The highest BCUT2D eigenvalue weighted by atomic mass is 31.2. The van der Waals surface area contributed by atoms with Crippen molar-refractivity contribution in [2.45, 2.75) is 187 Å². The quantitative estimate of drug-likeness (QED) is 0.0172. The maximum Gasteiger partial charge on any atom is 0.472 e. The Balaban J connectivity index is 1.67. The average Bonchev–Trinajstić information content (AvgIpc) is 3.89. The van der Waals surface area contributed by atoms with Crippen molar-refractivity contribution < 1.29 is 51.2 Å². The van der Waals surface area contributed by atoms with E-state index in [0.717, 1.165) is 88.6 Å². The summed E-state index contributed by atoms with van der Waals surface area (Å²) in [6.07, 6.45) is 33.5. The molecule has 0 bridgehead atoms. The number of ether oxygens (including phenoxy) is 3. The summed E-state index contributed by atoms with van der Waals surface area (Å²) in [6.45, 7) is 8.56. The van der Waals surface area contributed by atoms with Gasteiger partial charge >= 0.3 is 19.8 Å². The lowest BCUT2D eigenvalue weighted by Gasteiger charge is -2.24. The van der Waals surface area contributed by atoms with Crippen molar-refractivity contribution in [3.63, 3.8) is 0 Å². The van der Waals surface area contributed by atoms with Crippen LogP contribution < -0.4 is 0 Å². The van der Waals surface area contributed by atoms with E-state index in [1.165, 1.54) is 49.7 Å². The number of hydrogen-bond donors (Lipinski definition) is 1. The van der Waals surface area contributed by atoms with E-state index < -0.39 is 32.5 Å². The van der Waals surface area contributed by atoms with Crippen LogP contribution >= 0.6 is 7.82 Å². The molecule has 344 valence electrons. The lowest BCUT2D eigenvalue weighted by molar-refractivity contribution is -0.870. The van der Waals surface area contributed by atoms with E-state index in [9.17, 15) is 19.0 Å². The number of nitrogens with zero attached hydrogens (tertiary/aromatic N) is 1. The minimum Gasteiger partial charge on any atom is -0.466 e. The molecular formula is C48H83NO10P+. The molecule has 1 fully saturated rings. The SMILES string of the molecule is CCCCC/C=C\CC1OC1C/C=C\C/C=C\CCCC(=O)OC[C@H](COP(=O)(O)OCC[N+](C)(C)C)OC(=O)CCCCCCCCc1oc(CCCCC)c(C)c1C. The number of aryl methyl sites for hydroxylation is 2. The van der Waals surface area contributed by atoms with Crippen molar-refractivity contribution in [2.24, 2.45) is 0 Å². The molecule has 1 aliphatic heterocycles. The molecule has 11 nitrogen and oxygen atoms in total. The minimum atomic E-state index is -4.41. The lowest BCUT2D eigenvalue weighted by atomic mass is 10.0. The van der Waals surface area contributed by atoms with Gasteiger partial charge < -0.3 is 28.0 Å². The van der Waals surface area contributed by atoms with Crippen LogP contribution in [0.3, 0.4) is 0 Å². The number of quaternary nitrogens is 1. The van der Waals surface area contributed by atoms with Crippen LogP contribution in [0.2, 0.25) is 0 Å². The summed E-state index contributed by atoms with van der Waals surface area (Å²) in [5, 5.41) is 0. The van der Waals surface area contributed by atoms with Crippen molar-refractivity contribution >= 4 is 19.8 Å². The van der Waals surface area contributed by atoms with E-state index >= 15 is 0 Å². The zero-order valence-electron chi connectivity index (χ0n) is 38.6. The second kappa shape index (κ2) is 31.3. The number of epoxide rings is 1. The molecule has 0 radical (unpaired) electrons. The van der Waals surface area contributed by atoms with Gasteiger partial charge in [0.05, 0.1) is 40.0 Å². The number of rotatable bonds is 37. The Morgan fingerprint density at radius 1 is 0.700 bits per heavy atom. The second-order valence-corrected chi connectivity index (χ2v) is 18.9. The predicted molar refractivity (Wildman–Crippen MR) is 241 cm³/mol. The van der Waals surface area contributed by atoms with Gasteiger partial charge in [0.15, 0.2) is 6.10 Å². The molecule has 0 saturated carbocycles. The van der Waals surface area contributed by atoms with Gasteiger partial charge in [0.25, 0.3) is 0 Å². The van der Waals surface area contributed by atoms with E-state index in [-0.39, 0.29) is 26.1 Å².